The average molecular weight is 235 g/mol. The molecule has 90 valence electrons. The van der Waals surface area contributed by atoms with Gasteiger partial charge in [0, 0.05) is 12.0 Å². The van der Waals surface area contributed by atoms with Crippen LogP contribution in [0.15, 0.2) is 29.3 Å². The number of carboxylic acid groups (broad SMARTS) is 1. The number of nitrogens with zero attached hydrogens (tertiary/aromatic N) is 1. The highest BCUT2D eigenvalue weighted by Gasteiger charge is 2.20. The van der Waals surface area contributed by atoms with Crippen LogP contribution in [0.3, 0.4) is 0 Å². The molecule has 1 aromatic rings. The monoisotopic (exact) mass is 235 g/mol. The second kappa shape index (κ2) is 4.86. The largest absolute Gasteiger partial charge is 0.508 e. The Labute approximate surface area is 98.4 Å². The van der Waals surface area contributed by atoms with Gasteiger partial charge in [-0.25, -0.2) is 4.99 Å². The lowest BCUT2D eigenvalue weighted by Gasteiger charge is -2.01. The first-order valence-corrected chi connectivity index (χ1v) is 5.37. The standard InChI is InChI=1S/C12H13NO4/c14-10-4-1-8(2-5-10)12-13-9(7-17-12)3-6-11(15)16/h1-2,4-5,9,14H,3,6-7H2,(H,15,16). The Balaban J connectivity index is 2.01. The molecule has 5 nitrogen and oxygen atoms in total. The maximum absolute atomic E-state index is 10.4. The summed E-state index contributed by atoms with van der Waals surface area (Å²) in [7, 11) is 0. The number of aromatic hydroxyl groups is 1. The molecule has 0 radical (unpaired) electrons. The molecule has 0 aromatic heterocycles. The predicted octanol–water partition coefficient (Wildman–Crippen LogP) is 1.40. The number of benzene rings is 1. The molecule has 0 saturated heterocycles. The number of ether oxygens (including phenoxy) is 1. The molecule has 0 saturated carbocycles. The number of hydrogen-bond acceptors (Lipinski definition) is 4. The summed E-state index contributed by atoms with van der Waals surface area (Å²) >= 11 is 0. The first kappa shape index (κ1) is 11.4. The normalized spacial score (nSPS) is 18.6. The van der Waals surface area contributed by atoms with E-state index >= 15 is 0 Å². The molecular formula is C12H13NO4. The van der Waals surface area contributed by atoms with Crippen molar-refractivity contribution in [3.8, 4) is 5.75 Å². The highest BCUT2D eigenvalue weighted by Crippen LogP contribution is 2.17. The SMILES string of the molecule is O=C(O)CCC1COC(c2ccc(O)cc2)=N1. The maximum Gasteiger partial charge on any atom is 0.303 e. The van der Waals surface area contributed by atoms with Gasteiger partial charge in [0.2, 0.25) is 5.90 Å². The van der Waals surface area contributed by atoms with E-state index in [1.807, 2.05) is 0 Å². The van der Waals surface area contributed by atoms with E-state index in [4.69, 9.17) is 14.9 Å². The molecule has 1 aliphatic heterocycles. The Bertz CT molecular complexity index is 438. The van der Waals surface area contributed by atoms with Crippen molar-refractivity contribution in [1.29, 1.82) is 0 Å². The number of aliphatic carboxylic acids is 1. The fraction of sp³-hybridized carbons (Fsp3) is 0.333. The van der Waals surface area contributed by atoms with E-state index in [-0.39, 0.29) is 18.2 Å². The minimum absolute atomic E-state index is 0.0881. The molecule has 0 bridgehead atoms. The third-order valence-corrected chi connectivity index (χ3v) is 2.52. The van der Waals surface area contributed by atoms with Gasteiger partial charge in [-0.05, 0) is 30.7 Å². The minimum atomic E-state index is -0.821. The number of phenols is 1. The van der Waals surface area contributed by atoms with Gasteiger partial charge in [-0.3, -0.25) is 4.79 Å². The van der Waals surface area contributed by atoms with Crippen molar-refractivity contribution >= 4 is 11.9 Å². The molecule has 0 fully saturated rings. The number of carboxylic acids is 1. The smallest absolute Gasteiger partial charge is 0.303 e. The molecule has 1 heterocycles. The van der Waals surface area contributed by atoms with Crippen LogP contribution in [0.25, 0.3) is 0 Å². The summed E-state index contributed by atoms with van der Waals surface area (Å²) in [6.07, 6.45) is 0.581. The molecular weight excluding hydrogens is 222 g/mol. The molecule has 2 rings (SSSR count). The van der Waals surface area contributed by atoms with E-state index in [9.17, 15) is 4.79 Å². The maximum atomic E-state index is 10.4. The Morgan fingerprint density at radius 1 is 1.41 bits per heavy atom. The lowest BCUT2D eigenvalue weighted by molar-refractivity contribution is -0.137. The summed E-state index contributed by atoms with van der Waals surface area (Å²) < 4.78 is 5.40. The van der Waals surface area contributed by atoms with Crippen molar-refractivity contribution in [3.63, 3.8) is 0 Å². The minimum Gasteiger partial charge on any atom is -0.508 e. The van der Waals surface area contributed by atoms with Gasteiger partial charge in [-0.1, -0.05) is 0 Å². The summed E-state index contributed by atoms with van der Waals surface area (Å²) in [5.41, 5.74) is 0.792. The molecule has 0 spiro atoms. The van der Waals surface area contributed by atoms with Crippen molar-refractivity contribution in [1.82, 2.24) is 0 Å². The van der Waals surface area contributed by atoms with Gasteiger partial charge < -0.3 is 14.9 Å². The van der Waals surface area contributed by atoms with Gasteiger partial charge in [0.1, 0.15) is 12.4 Å². The first-order valence-electron chi connectivity index (χ1n) is 5.37. The van der Waals surface area contributed by atoms with Gasteiger partial charge in [-0.15, -0.1) is 0 Å². The van der Waals surface area contributed by atoms with Crippen LogP contribution in [0.2, 0.25) is 0 Å². The summed E-state index contributed by atoms with van der Waals surface area (Å²) in [4.78, 5) is 14.7. The summed E-state index contributed by atoms with van der Waals surface area (Å²) in [5.74, 6) is -0.117. The Hall–Kier alpha value is -2.04. The molecule has 1 aromatic carbocycles. The lowest BCUT2D eigenvalue weighted by Crippen LogP contribution is -2.08. The third kappa shape index (κ3) is 2.96. The van der Waals surface area contributed by atoms with Crippen molar-refractivity contribution < 1.29 is 19.7 Å². The van der Waals surface area contributed by atoms with Crippen LogP contribution >= 0.6 is 0 Å². The van der Waals surface area contributed by atoms with Gasteiger partial charge in [0.25, 0.3) is 0 Å². The van der Waals surface area contributed by atoms with Crippen LogP contribution in [0.5, 0.6) is 5.75 Å². The van der Waals surface area contributed by atoms with Crippen molar-refractivity contribution in [3.05, 3.63) is 29.8 Å². The zero-order chi connectivity index (χ0) is 12.3. The van der Waals surface area contributed by atoms with Gasteiger partial charge in [0.05, 0.1) is 6.04 Å². The zero-order valence-electron chi connectivity index (χ0n) is 9.17. The predicted molar refractivity (Wildman–Crippen MR) is 61.3 cm³/mol. The lowest BCUT2D eigenvalue weighted by atomic mass is 10.2. The van der Waals surface area contributed by atoms with Crippen LogP contribution < -0.4 is 0 Å². The number of aliphatic imine (C=N–C) groups is 1. The van der Waals surface area contributed by atoms with Crippen LogP contribution in [0.4, 0.5) is 0 Å². The third-order valence-electron chi connectivity index (χ3n) is 2.52. The number of phenolic OH excluding ortho intramolecular Hbond substituents is 1. The summed E-state index contributed by atoms with van der Waals surface area (Å²) in [6, 6.07) is 6.47. The summed E-state index contributed by atoms with van der Waals surface area (Å²) in [6.45, 7) is 0.420. The van der Waals surface area contributed by atoms with E-state index in [1.54, 1.807) is 24.3 Å². The first-order chi connectivity index (χ1) is 8.15. The van der Waals surface area contributed by atoms with Gasteiger partial charge >= 0.3 is 5.97 Å². The van der Waals surface area contributed by atoms with Crippen LogP contribution in [-0.4, -0.2) is 34.7 Å². The number of carbonyl (C=O) groups is 1. The molecule has 2 N–H and O–H groups in total. The number of rotatable bonds is 4. The van der Waals surface area contributed by atoms with E-state index in [0.717, 1.165) is 5.56 Å². The van der Waals surface area contributed by atoms with Crippen LogP contribution in [0, 0.1) is 0 Å². The fourth-order valence-corrected chi connectivity index (χ4v) is 1.62. The molecule has 1 aliphatic rings. The molecule has 5 heteroatoms. The Kier molecular flexibility index (Phi) is 3.27. The van der Waals surface area contributed by atoms with Gasteiger partial charge in [0.15, 0.2) is 0 Å². The van der Waals surface area contributed by atoms with Crippen LogP contribution in [0.1, 0.15) is 18.4 Å². The summed E-state index contributed by atoms with van der Waals surface area (Å²) in [5, 5.41) is 17.7. The average Bonchev–Trinajstić information content (AvgIpc) is 2.76. The van der Waals surface area contributed by atoms with Crippen molar-refractivity contribution in [2.24, 2.45) is 4.99 Å². The highest BCUT2D eigenvalue weighted by molar-refractivity contribution is 5.95. The fourth-order valence-electron chi connectivity index (χ4n) is 1.62. The second-order valence-corrected chi connectivity index (χ2v) is 3.88. The Morgan fingerprint density at radius 3 is 2.76 bits per heavy atom. The number of hydrogen-bond donors (Lipinski definition) is 2. The highest BCUT2D eigenvalue weighted by atomic mass is 16.5. The molecule has 0 aliphatic carbocycles. The topological polar surface area (TPSA) is 79.1 Å². The van der Waals surface area contributed by atoms with Gasteiger partial charge in [-0.2, -0.15) is 0 Å². The quantitative estimate of drug-likeness (QED) is 0.826. The molecule has 1 unspecified atom stereocenters. The van der Waals surface area contributed by atoms with Crippen LogP contribution in [-0.2, 0) is 9.53 Å². The van der Waals surface area contributed by atoms with Crippen molar-refractivity contribution in [2.45, 2.75) is 18.9 Å². The zero-order valence-corrected chi connectivity index (χ0v) is 9.17. The van der Waals surface area contributed by atoms with E-state index in [2.05, 4.69) is 4.99 Å². The molecule has 17 heavy (non-hydrogen) atoms. The second-order valence-electron chi connectivity index (χ2n) is 3.88. The Morgan fingerprint density at radius 2 is 2.12 bits per heavy atom. The molecule has 1 atom stereocenters. The van der Waals surface area contributed by atoms with E-state index in [1.165, 1.54) is 0 Å². The molecule has 0 amide bonds. The van der Waals surface area contributed by atoms with Crippen molar-refractivity contribution in [2.75, 3.05) is 6.61 Å². The van der Waals surface area contributed by atoms with E-state index in [0.29, 0.717) is 18.9 Å². The van der Waals surface area contributed by atoms with E-state index < -0.39 is 5.97 Å².